The highest BCUT2D eigenvalue weighted by molar-refractivity contribution is 6.29. The minimum atomic E-state index is -0.530. The summed E-state index contributed by atoms with van der Waals surface area (Å²) in [6, 6.07) is 17.5. The summed E-state index contributed by atoms with van der Waals surface area (Å²) >= 11 is 5.95. The minimum Gasteiger partial charge on any atom is -0.444 e. The van der Waals surface area contributed by atoms with E-state index in [2.05, 4.69) is 53.2 Å². The average Bonchev–Trinajstić information content (AvgIpc) is 3.75. The summed E-state index contributed by atoms with van der Waals surface area (Å²) in [6.07, 6.45) is 9.49. The van der Waals surface area contributed by atoms with Crippen molar-refractivity contribution in [2.45, 2.75) is 92.5 Å². The first-order valence-electron chi connectivity index (χ1n) is 19.7. The largest absolute Gasteiger partial charge is 0.444 e. The lowest BCUT2D eigenvalue weighted by molar-refractivity contribution is 0.0496. The number of anilines is 3. The Morgan fingerprint density at radius 2 is 1.21 bits per heavy atom. The zero-order valence-electron chi connectivity index (χ0n) is 37.0. The highest BCUT2D eigenvalue weighted by atomic mass is 35.5. The van der Waals surface area contributed by atoms with Crippen molar-refractivity contribution in [3.05, 3.63) is 119 Å². The Labute approximate surface area is 363 Å². The van der Waals surface area contributed by atoms with Crippen LogP contribution in [0.2, 0.25) is 5.15 Å². The van der Waals surface area contributed by atoms with Crippen LogP contribution in [-0.4, -0.2) is 57.9 Å². The van der Waals surface area contributed by atoms with Crippen LogP contribution in [0, 0.1) is 13.8 Å². The number of nitrogens with zero attached hydrogens (tertiary/aromatic N) is 7. The van der Waals surface area contributed by atoms with E-state index in [1.54, 1.807) is 40.3 Å². The van der Waals surface area contributed by atoms with Crippen molar-refractivity contribution >= 4 is 41.1 Å². The fourth-order valence-corrected chi connectivity index (χ4v) is 6.18. The Balaban J connectivity index is 0.000000235. The number of halogens is 1. The number of amides is 2. The second-order valence-electron chi connectivity index (χ2n) is 16.5. The minimum absolute atomic E-state index is 0.144. The van der Waals surface area contributed by atoms with Crippen molar-refractivity contribution in [1.29, 1.82) is 0 Å². The number of alkyl carbamates (subject to hydrolysis) is 2. The number of aromatic nitrogens is 7. The smallest absolute Gasteiger partial charge is 0.408 e. The lowest BCUT2D eigenvalue weighted by atomic mass is 9.97. The molecule has 5 N–H and O–H groups in total. The molecule has 4 heterocycles. The summed E-state index contributed by atoms with van der Waals surface area (Å²) in [5, 5.41) is 17.3. The van der Waals surface area contributed by atoms with Gasteiger partial charge in [-0.3, -0.25) is 9.36 Å². The monoisotopic (exact) mass is 851 g/mol. The molecule has 4 aromatic heterocycles. The lowest BCUT2D eigenvalue weighted by Crippen LogP contribution is -2.34. The van der Waals surface area contributed by atoms with Gasteiger partial charge in [-0.2, -0.15) is 10.2 Å². The molecule has 6 aromatic rings. The molecule has 16 heteroatoms. The number of hydrogen-bond acceptors (Lipinski definition) is 11. The molecule has 6 rings (SSSR count). The van der Waals surface area contributed by atoms with E-state index in [0.29, 0.717) is 16.8 Å². The molecule has 15 nitrogen and oxygen atoms in total. The highest BCUT2D eigenvalue weighted by Gasteiger charge is 2.21. The molecule has 2 aromatic carbocycles. The van der Waals surface area contributed by atoms with Crippen molar-refractivity contribution in [2.24, 2.45) is 14.1 Å². The highest BCUT2D eigenvalue weighted by Crippen LogP contribution is 2.28. The molecule has 0 saturated heterocycles. The fourth-order valence-electron chi connectivity index (χ4n) is 6.00. The van der Waals surface area contributed by atoms with Crippen molar-refractivity contribution in [2.75, 3.05) is 11.1 Å². The first-order valence-corrected chi connectivity index (χ1v) is 20.1. The van der Waals surface area contributed by atoms with Gasteiger partial charge in [0.05, 0.1) is 41.5 Å². The predicted molar refractivity (Wildman–Crippen MR) is 241 cm³/mol. The summed E-state index contributed by atoms with van der Waals surface area (Å²) in [7, 11) is 3.68. The Bertz CT molecular complexity index is 2380. The molecule has 0 spiro atoms. The van der Waals surface area contributed by atoms with Gasteiger partial charge in [0.15, 0.2) is 0 Å². The van der Waals surface area contributed by atoms with E-state index in [1.165, 1.54) is 0 Å². The normalized spacial score (nSPS) is 12.1. The second kappa shape index (κ2) is 20.7. The maximum atomic E-state index is 12.1. The van der Waals surface area contributed by atoms with E-state index in [0.717, 1.165) is 50.3 Å². The van der Waals surface area contributed by atoms with Gasteiger partial charge >= 0.3 is 12.2 Å². The van der Waals surface area contributed by atoms with Gasteiger partial charge in [-0.15, -0.1) is 0 Å². The lowest BCUT2D eigenvalue weighted by Gasteiger charge is -2.23. The third-order valence-electron chi connectivity index (χ3n) is 8.64. The van der Waals surface area contributed by atoms with Crippen molar-refractivity contribution in [1.82, 2.24) is 45.1 Å². The number of nitrogen functional groups attached to an aromatic ring is 1. The third-order valence-corrected chi connectivity index (χ3v) is 8.84. The van der Waals surface area contributed by atoms with E-state index in [1.807, 2.05) is 132 Å². The summed E-state index contributed by atoms with van der Waals surface area (Å²) in [6.45, 7) is 19.0. The van der Waals surface area contributed by atoms with Crippen molar-refractivity contribution < 1.29 is 19.1 Å². The van der Waals surface area contributed by atoms with Crippen LogP contribution in [-0.2, 0) is 23.6 Å². The molecule has 2 amide bonds. The maximum absolute atomic E-state index is 12.1. The Morgan fingerprint density at radius 1 is 0.705 bits per heavy atom. The molecule has 0 bridgehead atoms. The van der Waals surface area contributed by atoms with E-state index in [4.69, 9.17) is 26.8 Å². The molecule has 0 saturated carbocycles. The number of aryl methyl sites for hydroxylation is 4. The number of nitrogens with two attached hydrogens (primary N) is 1. The van der Waals surface area contributed by atoms with Crippen LogP contribution < -0.4 is 21.7 Å². The Kier molecular flexibility index (Phi) is 16.0. The van der Waals surface area contributed by atoms with Crippen LogP contribution in [0.3, 0.4) is 0 Å². The molecule has 0 aliphatic heterocycles. The number of pyridine rings is 1. The predicted octanol–water partition coefficient (Wildman–Crippen LogP) is 9.81. The SMILES string of the molecule is Cc1cc(-c2ccnc(Cl)c2)ccc1C(C)NC(=O)OC(C)(C)C.Cc1cc(-c2ccnc(Nc3cnn(C)c3)n2)ccc1C(C)NC(=O)OC(C)(C)C.Cn1cc(N)cn1. The number of rotatable bonds is 8. The number of nitrogens with one attached hydrogen (secondary N) is 3. The van der Waals surface area contributed by atoms with E-state index < -0.39 is 23.4 Å². The van der Waals surface area contributed by atoms with Crippen LogP contribution in [0.25, 0.3) is 22.4 Å². The molecule has 2 atom stereocenters. The zero-order valence-corrected chi connectivity index (χ0v) is 37.8. The molecule has 2 unspecified atom stereocenters. The van der Waals surface area contributed by atoms with Crippen molar-refractivity contribution in [3.63, 3.8) is 0 Å². The molecule has 324 valence electrons. The average molecular weight is 852 g/mol. The second-order valence-corrected chi connectivity index (χ2v) is 16.9. The van der Waals surface area contributed by atoms with Crippen LogP contribution in [0.1, 0.15) is 89.7 Å². The maximum Gasteiger partial charge on any atom is 0.408 e. The number of hydrogen-bond donors (Lipinski definition) is 4. The third kappa shape index (κ3) is 15.6. The van der Waals surface area contributed by atoms with Crippen molar-refractivity contribution in [3.8, 4) is 22.4 Å². The molecule has 61 heavy (non-hydrogen) atoms. The van der Waals surface area contributed by atoms with Gasteiger partial charge < -0.3 is 31.2 Å². The number of benzene rings is 2. The van der Waals surface area contributed by atoms with E-state index in [9.17, 15) is 9.59 Å². The van der Waals surface area contributed by atoms with Gasteiger partial charge in [0.2, 0.25) is 5.95 Å². The topological polar surface area (TPSA) is 189 Å². The first kappa shape index (κ1) is 47.2. The van der Waals surface area contributed by atoms with Gasteiger partial charge in [-0.1, -0.05) is 41.9 Å². The Hall–Kier alpha value is -6.48. The summed E-state index contributed by atoms with van der Waals surface area (Å²) in [5.41, 5.74) is 13.8. The standard InChI is InChI=1S/C22H28N6O2.C19H23ClN2O2.C4H7N3/c1-14-11-16(7-8-18(14)15(2)25-21(29)30-22(3,4)5)19-9-10-23-20(27-19)26-17-12-24-28(6)13-17;1-12-10-14(15-8-9-21-17(20)11-15)6-7-16(12)13(2)22-18(23)24-19(3,4)5;1-7-3-4(5)2-6-7/h7-13,15H,1-6H3,(H,25,29)(H,23,26,27);6-11,13H,1-5H3,(H,22,23);2-3H,5H2,1H3. The van der Waals surface area contributed by atoms with Gasteiger partial charge in [0.1, 0.15) is 16.4 Å². The molecule has 0 aliphatic rings. The Morgan fingerprint density at radius 3 is 1.67 bits per heavy atom. The van der Waals surface area contributed by atoms with Gasteiger partial charge in [0.25, 0.3) is 0 Å². The van der Waals surface area contributed by atoms with Gasteiger partial charge in [-0.05, 0) is 127 Å². The van der Waals surface area contributed by atoms with Gasteiger partial charge in [-0.25, -0.2) is 24.5 Å². The molecule has 0 radical (unpaired) electrons. The van der Waals surface area contributed by atoms with Crippen LogP contribution in [0.5, 0.6) is 0 Å². The van der Waals surface area contributed by atoms with Crippen LogP contribution in [0.15, 0.2) is 91.8 Å². The first-order chi connectivity index (χ1) is 28.5. The molecular formula is C45H58ClN11O4. The zero-order chi connectivity index (χ0) is 45.1. The van der Waals surface area contributed by atoms with E-state index >= 15 is 0 Å². The van der Waals surface area contributed by atoms with Crippen LogP contribution >= 0.6 is 11.6 Å². The summed E-state index contributed by atoms with van der Waals surface area (Å²) in [4.78, 5) is 36.9. The van der Waals surface area contributed by atoms with Gasteiger partial charge in [0, 0.05) is 44.4 Å². The van der Waals surface area contributed by atoms with E-state index in [-0.39, 0.29) is 12.1 Å². The quantitative estimate of drug-likeness (QED) is 0.107. The number of carbonyl (C=O) groups excluding carboxylic acids is 2. The molecule has 0 fully saturated rings. The molecule has 0 aliphatic carbocycles. The number of ether oxygens (including phenoxy) is 2. The fraction of sp³-hybridized carbons (Fsp3) is 0.356. The molecular weight excluding hydrogens is 794 g/mol. The summed E-state index contributed by atoms with van der Waals surface area (Å²) in [5.74, 6) is 0.502. The summed E-state index contributed by atoms with van der Waals surface area (Å²) < 4.78 is 14.0. The number of carbonyl (C=O) groups is 2. The van der Waals surface area contributed by atoms with Crippen LogP contribution in [0.4, 0.5) is 26.9 Å².